The van der Waals surface area contributed by atoms with Crippen LogP contribution >= 0.6 is 0 Å². The van der Waals surface area contributed by atoms with Crippen LogP contribution in [0, 0.1) is 16.0 Å². The number of aliphatic hydroxyl groups excluding tert-OH is 1. The lowest BCUT2D eigenvalue weighted by atomic mass is 9.82. The standard InChI is InChI=1S/C12H15N3O5/c1-14(6-7-2-8(16)3-7)11-4-9(12(17)18)10(5-13-11)15(19)20/h4-5,7-8,16H,2-3,6H2,1H3,(H,17,18). The molecule has 108 valence electrons. The number of carboxylic acid groups (broad SMARTS) is 1. The molecule has 0 aromatic carbocycles. The summed E-state index contributed by atoms with van der Waals surface area (Å²) in [6.07, 6.45) is 2.13. The summed E-state index contributed by atoms with van der Waals surface area (Å²) in [6.45, 7) is 0.626. The smallest absolute Gasteiger partial charge is 0.342 e. The third-order valence-electron chi connectivity index (χ3n) is 3.43. The molecule has 1 aliphatic rings. The molecular weight excluding hydrogens is 266 g/mol. The van der Waals surface area contributed by atoms with E-state index < -0.39 is 16.6 Å². The minimum Gasteiger partial charge on any atom is -0.477 e. The van der Waals surface area contributed by atoms with Crippen molar-refractivity contribution >= 4 is 17.5 Å². The van der Waals surface area contributed by atoms with Crippen molar-refractivity contribution in [1.82, 2.24) is 4.98 Å². The molecule has 0 unspecified atom stereocenters. The third-order valence-corrected chi connectivity index (χ3v) is 3.43. The number of aromatic nitrogens is 1. The minimum absolute atomic E-state index is 0.257. The van der Waals surface area contributed by atoms with Crippen LogP contribution < -0.4 is 4.90 Å². The van der Waals surface area contributed by atoms with E-state index >= 15 is 0 Å². The van der Waals surface area contributed by atoms with Crippen LogP contribution in [0.5, 0.6) is 0 Å². The topological polar surface area (TPSA) is 117 Å². The summed E-state index contributed by atoms with van der Waals surface area (Å²) in [4.78, 5) is 26.7. The predicted octanol–water partition coefficient (Wildman–Crippen LogP) is 0.895. The molecule has 1 heterocycles. The van der Waals surface area contributed by atoms with Gasteiger partial charge in [-0.3, -0.25) is 10.1 Å². The maximum absolute atomic E-state index is 11.0. The zero-order chi connectivity index (χ0) is 14.9. The maximum Gasteiger partial charge on any atom is 0.342 e. The minimum atomic E-state index is -1.35. The van der Waals surface area contributed by atoms with Gasteiger partial charge in [-0.25, -0.2) is 9.78 Å². The number of nitro groups is 1. The first-order valence-corrected chi connectivity index (χ1v) is 6.15. The fourth-order valence-corrected chi connectivity index (χ4v) is 2.29. The van der Waals surface area contributed by atoms with E-state index in [9.17, 15) is 20.0 Å². The van der Waals surface area contributed by atoms with Crippen LogP contribution in [0.3, 0.4) is 0 Å². The Morgan fingerprint density at radius 2 is 2.25 bits per heavy atom. The molecule has 1 aliphatic carbocycles. The number of hydrogen-bond acceptors (Lipinski definition) is 6. The molecule has 8 nitrogen and oxygen atoms in total. The summed E-state index contributed by atoms with van der Waals surface area (Å²) in [7, 11) is 1.74. The molecular formula is C12H15N3O5. The molecule has 1 aromatic heterocycles. The van der Waals surface area contributed by atoms with Gasteiger partial charge in [-0.15, -0.1) is 0 Å². The third kappa shape index (κ3) is 2.85. The first kappa shape index (κ1) is 14.2. The van der Waals surface area contributed by atoms with E-state index in [-0.39, 0.29) is 11.7 Å². The van der Waals surface area contributed by atoms with Gasteiger partial charge in [0.25, 0.3) is 0 Å². The van der Waals surface area contributed by atoms with Gasteiger partial charge in [0, 0.05) is 19.7 Å². The Morgan fingerprint density at radius 1 is 1.60 bits per heavy atom. The van der Waals surface area contributed by atoms with Crippen molar-refractivity contribution in [2.75, 3.05) is 18.5 Å². The van der Waals surface area contributed by atoms with Crippen molar-refractivity contribution in [3.05, 3.63) is 27.9 Å². The summed E-state index contributed by atoms with van der Waals surface area (Å²) < 4.78 is 0. The number of carbonyl (C=O) groups is 1. The van der Waals surface area contributed by atoms with Gasteiger partial charge < -0.3 is 15.1 Å². The second-order valence-electron chi connectivity index (χ2n) is 4.99. The molecule has 0 radical (unpaired) electrons. The van der Waals surface area contributed by atoms with Crippen molar-refractivity contribution in [2.45, 2.75) is 18.9 Å². The summed E-state index contributed by atoms with van der Waals surface area (Å²) in [5, 5.41) is 29.0. The zero-order valence-electron chi connectivity index (χ0n) is 10.9. The number of rotatable bonds is 5. The van der Waals surface area contributed by atoms with E-state index in [2.05, 4.69) is 4.98 Å². The van der Waals surface area contributed by atoms with E-state index in [1.54, 1.807) is 11.9 Å². The Bertz CT molecular complexity index is 542. The van der Waals surface area contributed by atoms with Gasteiger partial charge in [0.1, 0.15) is 17.6 Å². The number of anilines is 1. The molecule has 0 bridgehead atoms. The molecule has 20 heavy (non-hydrogen) atoms. The molecule has 1 aromatic rings. The lowest BCUT2D eigenvalue weighted by molar-refractivity contribution is -0.385. The van der Waals surface area contributed by atoms with E-state index in [0.29, 0.717) is 31.1 Å². The average molecular weight is 281 g/mol. The summed E-state index contributed by atoms with van der Waals surface area (Å²) in [6, 6.07) is 1.20. The number of hydrogen-bond donors (Lipinski definition) is 2. The summed E-state index contributed by atoms with van der Waals surface area (Å²) >= 11 is 0. The van der Waals surface area contributed by atoms with Crippen LogP contribution in [-0.4, -0.2) is 45.8 Å². The highest BCUT2D eigenvalue weighted by molar-refractivity contribution is 5.93. The van der Waals surface area contributed by atoms with Gasteiger partial charge in [0.05, 0.1) is 11.0 Å². The summed E-state index contributed by atoms with van der Waals surface area (Å²) in [5.41, 5.74) is -0.894. The van der Waals surface area contributed by atoms with Crippen LogP contribution in [0.15, 0.2) is 12.3 Å². The van der Waals surface area contributed by atoms with Gasteiger partial charge >= 0.3 is 11.7 Å². The Hall–Kier alpha value is -2.22. The summed E-state index contributed by atoms with van der Waals surface area (Å²) in [5.74, 6) is -0.650. The van der Waals surface area contributed by atoms with Crippen LogP contribution in [0.2, 0.25) is 0 Å². The van der Waals surface area contributed by atoms with E-state index in [0.717, 1.165) is 6.20 Å². The van der Waals surface area contributed by atoms with Crippen LogP contribution in [-0.2, 0) is 0 Å². The van der Waals surface area contributed by atoms with Crippen molar-refractivity contribution in [3.63, 3.8) is 0 Å². The Kier molecular flexibility index (Phi) is 3.84. The lowest BCUT2D eigenvalue weighted by Crippen LogP contribution is -2.37. The normalized spacial score (nSPS) is 21.1. The highest BCUT2D eigenvalue weighted by atomic mass is 16.6. The van der Waals surface area contributed by atoms with Crippen molar-refractivity contribution in [1.29, 1.82) is 0 Å². The first-order valence-electron chi connectivity index (χ1n) is 6.15. The average Bonchev–Trinajstić information content (AvgIpc) is 2.35. The molecule has 0 atom stereocenters. The molecule has 8 heteroatoms. The molecule has 2 N–H and O–H groups in total. The number of carboxylic acids is 1. The SMILES string of the molecule is CN(CC1CC(O)C1)c1cc(C(=O)O)c([N+](=O)[O-])cn1. The molecule has 0 spiro atoms. The zero-order valence-corrected chi connectivity index (χ0v) is 10.9. The fraction of sp³-hybridized carbons (Fsp3) is 0.500. The molecule has 2 rings (SSSR count). The van der Waals surface area contributed by atoms with Gasteiger partial charge in [-0.05, 0) is 18.8 Å². The molecule has 1 saturated carbocycles. The van der Waals surface area contributed by atoms with Crippen molar-refractivity contribution in [3.8, 4) is 0 Å². The van der Waals surface area contributed by atoms with Crippen LogP contribution in [0.4, 0.5) is 11.5 Å². The number of pyridine rings is 1. The monoisotopic (exact) mass is 281 g/mol. The Balaban J connectivity index is 2.17. The number of nitrogens with zero attached hydrogens (tertiary/aromatic N) is 3. The number of aromatic carboxylic acids is 1. The van der Waals surface area contributed by atoms with Crippen molar-refractivity contribution in [2.24, 2.45) is 5.92 Å². The largest absolute Gasteiger partial charge is 0.477 e. The van der Waals surface area contributed by atoms with Gasteiger partial charge in [0.15, 0.2) is 0 Å². The molecule has 1 fully saturated rings. The van der Waals surface area contributed by atoms with Gasteiger partial charge in [0.2, 0.25) is 0 Å². The van der Waals surface area contributed by atoms with Gasteiger partial charge in [-0.2, -0.15) is 0 Å². The second kappa shape index (κ2) is 5.41. The quantitative estimate of drug-likeness (QED) is 0.608. The Labute approximate surface area is 114 Å². The second-order valence-corrected chi connectivity index (χ2v) is 4.99. The highest BCUT2D eigenvalue weighted by Gasteiger charge is 2.29. The highest BCUT2D eigenvalue weighted by Crippen LogP contribution is 2.29. The van der Waals surface area contributed by atoms with E-state index in [1.165, 1.54) is 6.07 Å². The predicted molar refractivity (Wildman–Crippen MR) is 69.9 cm³/mol. The van der Waals surface area contributed by atoms with Crippen LogP contribution in [0.1, 0.15) is 23.2 Å². The molecule has 0 saturated heterocycles. The van der Waals surface area contributed by atoms with Crippen LogP contribution in [0.25, 0.3) is 0 Å². The maximum atomic E-state index is 11.0. The Morgan fingerprint density at radius 3 is 2.75 bits per heavy atom. The molecule has 0 amide bonds. The molecule has 0 aliphatic heterocycles. The van der Waals surface area contributed by atoms with Gasteiger partial charge in [-0.1, -0.05) is 0 Å². The lowest BCUT2D eigenvalue weighted by Gasteiger charge is -2.34. The number of aliphatic hydroxyl groups is 1. The van der Waals surface area contributed by atoms with Crippen molar-refractivity contribution < 1.29 is 19.9 Å². The van der Waals surface area contributed by atoms with E-state index in [1.807, 2.05) is 0 Å². The van der Waals surface area contributed by atoms with E-state index in [4.69, 9.17) is 5.11 Å². The first-order chi connectivity index (χ1) is 9.38. The fourth-order valence-electron chi connectivity index (χ4n) is 2.29.